The number of allylic oxidation sites excluding steroid dienone is 2. The summed E-state index contributed by atoms with van der Waals surface area (Å²) >= 11 is 0. The van der Waals surface area contributed by atoms with Crippen LogP contribution in [0.4, 0.5) is 5.69 Å². The average molecular weight is 394 g/mol. The molecular weight excluding hydrogens is 368 g/mol. The fraction of sp³-hybridized carbons (Fsp3) is 0.474. The maximum Gasteiger partial charge on any atom is 0.306 e. The van der Waals surface area contributed by atoms with Crippen LogP contribution in [0.5, 0.6) is 0 Å². The summed E-state index contributed by atoms with van der Waals surface area (Å²) in [6.07, 6.45) is 6.22. The van der Waals surface area contributed by atoms with Crippen molar-refractivity contribution < 1.29 is 22.7 Å². The standard InChI is InChI=1S/C19H26N2O5S/c1-3-21(4-2)27(24,25)17-11-9-16(10-12-17)20-18(22)14-26-19(23)13-15-7-5-6-8-15/h5,7,9-12,15H,3-4,6,8,13-14H2,1-2H3,(H,20,22)/t15-/m0/s1. The lowest BCUT2D eigenvalue weighted by Crippen LogP contribution is -2.30. The number of rotatable bonds is 9. The van der Waals surface area contributed by atoms with E-state index in [1.54, 1.807) is 13.8 Å². The third-order valence-corrected chi connectivity index (χ3v) is 6.45. The molecule has 2 rings (SSSR count). The van der Waals surface area contributed by atoms with E-state index in [0.29, 0.717) is 18.8 Å². The Hall–Kier alpha value is -2.19. The monoisotopic (exact) mass is 394 g/mol. The van der Waals surface area contributed by atoms with Gasteiger partial charge in [0.2, 0.25) is 10.0 Å². The molecule has 1 aromatic carbocycles. The first-order valence-corrected chi connectivity index (χ1v) is 10.5. The largest absolute Gasteiger partial charge is 0.456 e. The Kier molecular flexibility index (Phi) is 7.55. The number of carbonyl (C=O) groups excluding carboxylic acids is 2. The normalized spacial score (nSPS) is 16.5. The first-order valence-electron chi connectivity index (χ1n) is 9.09. The van der Waals surface area contributed by atoms with Gasteiger partial charge in [0.05, 0.1) is 11.3 Å². The second kappa shape index (κ2) is 9.66. The molecule has 0 saturated heterocycles. The van der Waals surface area contributed by atoms with Gasteiger partial charge in [-0.15, -0.1) is 0 Å². The van der Waals surface area contributed by atoms with Gasteiger partial charge in [0.25, 0.3) is 5.91 Å². The van der Waals surface area contributed by atoms with Gasteiger partial charge in [-0.05, 0) is 43.0 Å². The van der Waals surface area contributed by atoms with Crippen LogP contribution in [-0.4, -0.2) is 44.3 Å². The number of hydrogen-bond donors (Lipinski definition) is 1. The van der Waals surface area contributed by atoms with Gasteiger partial charge < -0.3 is 10.1 Å². The molecule has 1 aliphatic rings. The molecule has 0 aromatic heterocycles. The SMILES string of the molecule is CCN(CC)S(=O)(=O)c1ccc(NC(=O)COC(=O)C[C@H]2C=CCC2)cc1. The van der Waals surface area contributed by atoms with Crippen LogP contribution in [-0.2, 0) is 24.3 Å². The van der Waals surface area contributed by atoms with E-state index in [1.807, 2.05) is 12.2 Å². The second-order valence-corrected chi connectivity index (χ2v) is 8.23. The van der Waals surface area contributed by atoms with Crippen molar-refractivity contribution in [1.82, 2.24) is 4.31 Å². The Morgan fingerprint density at radius 1 is 1.19 bits per heavy atom. The van der Waals surface area contributed by atoms with E-state index in [4.69, 9.17) is 4.74 Å². The molecule has 148 valence electrons. The van der Waals surface area contributed by atoms with Crippen molar-refractivity contribution in [2.45, 2.75) is 38.0 Å². The number of hydrogen-bond acceptors (Lipinski definition) is 5. The summed E-state index contributed by atoms with van der Waals surface area (Å²) in [7, 11) is -3.53. The van der Waals surface area contributed by atoms with Crippen molar-refractivity contribution in [1.29, 1.82) is 0 Å². The van der Waals surface area contributed by atoms with E-state index in [0.717, 1.165) is 12.8 Å². The number of sulfonamides is 1. The zero-order valence-electron chi connectivity index (χ0n) is 15.7. The molecule has 0 spiro atoms. The Morgan fingerprint density at radius 3 is 2.41 bits per heavy atom. The number of benzene rings is 1. The summed E-state index contributed by atoms with van der Waals surface area (Å²) in [6, 6.07) is 5.92. The molecule has 0 radical (unpaired) electrons. The Morgan fingerprint density at radius 2 is 1.85 bits per heavy atom. The van der Waals surface area contributed by atoms with Gasteiger partial charge in [-0.25, -0.2) is 8.42 Å². The lowest BCUT2D eigenvalue weighted by atomic mass is 10.1. The molecule has 1 atom stereocenters. The maximum absolute atomic E-state index is 12.4. The summed E-state index contributed by atoms with van der Waals surface area (Å²) in [4.78, 5) is 23.8. The lowest BCUT2D eigenvalue weighted by Gasteiger charge is -2.18. The number of ether oxygens (including phenoxy) is 1. The van der Waals surface area contributed by atoms with E-state index in [1.165, 1.54) is 28.6 Å². The molecular formula is C19H26N2O5S. The van der Waals surface area contributed by atoms with Gasteiger partial charge in [0, 0.05) is 18.8 Å². The van der Waals surface area contributed by atoms with Crippen LogP contribution in [0.2, 0.25) is 0 Å². The second-order valence-electron chi connectivity index (χ2n) is 6.29. The van der Waals surface area contributed by atoms with E-state index >= 15 is 0 Å². The van der Waals surface area contributed by atoms with Gasteiger partial charge in [-0.2, -0.15) is 4.31 Å². The quantitative estimate of drug-likeness (QED) is 0.513. The highest BCUT2D eigenvalue weighted by Gasteiger charge is 2.21. The highest BCUT2D eigenvalue weighted by atomic mass is 32.2. The zero-order chi connectivity index (χ0) is 19.9. The van der Waals surface area contributed by atoms with Gasteiger partial charge in [0.15, 0.2) is 6.61 Å². The van der Waals surface area contributed by atoms with Crippen molar-refractivity contribution in [3.8, 4) is 0 Å². The minimum absolute atomic E-state index is 0.167. The minimum atomic E-state index is -3.53. The van der Waals surface area contributed by atoms with Crippen LogP contribution < -0.4 is 5.32 Å². The van der Waals surface area contributed by atoms with Gasteiger partial charge in [-0.3, -0.25) is 9.59 Å². The summed E-state index contributed by atoms with van der Waals surface area (Å²) in [5.41, 5.74) is 0.438. The van der Waals surface area contributed by atoms with E-state index in [9.17, 15) is 18.0 Å². The molecule has 1 N–H and O–H groups in total. The molecule has 0 heterocycles. The molecule has 0 bridgehead atoms. The summed E-state index contributed by atoms with van der Waals surface area (Å²) < 4.78 is 31.2. The Bertz CT molecular complexity index is 783. The van der Waals surface area contributed by atoms with Crippen LogP contribution in [0.3, 0.4) is 0 Å². The number of amides is 1. The van der Waals surface area contributed by atoms with Crippen LogP contribution in [0.15, 0.2) is 41.3 Å². The smallest absolute Gasteiger partial charge is 0.306 e. The van der Waals surface area contributed by atoms with Crippen LogP contribution in [0, 0.1) is 5.92 Å². The van der Waals surface area contributed by atoms with E-state index in [-0.39, 0.29) is 23.8 Å². The van der Waals surface area contributed by atoms with Crippen LogP contribution in [0.1, 0.15) is 33.1 Å². The third-order valence-electron chi connectivity index (χ3n) is 4.39. The summed E-state index contributed by atoms with van der Waals surface area (Å²) in [5.74, 6) is -0.673. The molecule has 8 heteroatoms. The molecule has 27 heavy (non-hydrogen) atoms. The minimum Gasteiger partial charge on any atom is -0.456 e. The predicted molar refractivity (Wildman–Crippen MR) is 103 cm³/mol. The summed E-state index contributed by atoms with van der Waals surface area (Å²) in [6.45, 7) is 3.97. The van der Waals surface area contributed by atoms with E-state index < -0.39 is 21.9 Å². The molecule has 0 saturated carbocycles. The Labute approximate surface area is 160 Å². The van der Waals surface area contributed by atoms with Crippen molar-refractivity contribution in [3.63, 3.8) is 0 Å². The van der Waals surface area contributed by atoms with Crippen molar-refractivity contribution in [3.05, 3.63) is 36.4 Å². The molecule has 0 unspecified atom stereocenters. The highest BCUT2D eigenvalue weighted by Crippen LogP contribution is 2.21. The average Bonchev–Trinajstić information content (AvgIpc) is 3.14. The third kappa shape index (κ3) is 5.90. The maximum atomic E-state index is 12.4. The number of nitrogens with zero attached hydrogens (tertiary/aromatic N) is 1. The highest BCUT2D eigenvalue weighted by molar-refractivity contribution is 7.89. The number of esters is 1. The van der Waals surface area contributed by atoms with Crippen molar-refractivity contribution in [2.75, 3.05) is 25.0 Å². The molecule has 0 fully saturated rings. The first-order chi connectivity index (χ1) is 12.9. The van der Waals surface area contributed by atoms with Gasteiger partial charge >= 0.3 is 5.97 Å². The zero-order valence-corrected chi connectivity index (χ0v) is 16.5. The first kappa shape index (κ1) is 21.1. The van der Waals surface area contributed by atoms with Crippen LogP contribution >= 0.6 is 0 Å². The van der Waals surface area contributed by atoms with Crippen LogP contribution in [0.25, 0.3) is 0 Å². The van der Waals surface area contributed by atoms with Gasteiger partial charge in [-0.1, -0.05) is 26.0 Å². The fourth-order valence-corrected chi connectivity index (χ4v) is 4.36. The number of anilines is 1. The van der Waals surface area contributed by atoms with Crippen molar-refractivity contribution in [2.24, 2.45) is 5.92 Å². The molecule has 0 aliphatic heterocycles. The van der Waals surface area contributed by atoms with E-state index in [2.05, 4.69) is 5.32 Å². The van der Waals surface area contributed by atoms with Crippen molar-refractivity contribution >= 4 is 27.6 Å². The fourth-order valence-electron chi connectivity index (χ4n) is 2.90. The number of carbonyl (C=O) groups is 2. The molecule has 7 nitrogen and oxygen atoms in total. The molecule has 1 amide bonds. The topological polar surface area (TPSA) is 92.8 Å². The number of nitrogens with one attached hydrogen (secondary N) is 1. The van der Waals surface area contributed by atoms with Gasteiger partial charge in [0.1, 0.15) is 0 Å². The molecule has 1 aromatic rings. The predicted octanol–water partition coefficient (Wildman–Crippen LogP) is 2.56. The molecule has 1 aliphatic carbocycles. The lowest BCUT2D eigenvalue weighted by molar-refractivity contribution is -0.147. The Balaban J connectivity index is 1.85. The summed E-state index contributed by atoms with van der Waals surface area (Å²) in [5, 5.41) is 2.59.